The summed E-state index contributed by atoms with van der Waals surface area (Å²) in [5, 5.41) is 0. The van der Waals surface area contributed by atoms with Crippen LogP contribution in [-0.4, -0.2) is 29.9 Å². The van der Waals surface area contributed by atoms with Crippen LogP contribution in [0, 0.1) is 0 Å². The largest absolute Gasteiger partial charge is 0.338 e. The number of carbonyl (C=O) groups is 1. The van der Waals surface area contributed by atoms with E-state index in [1.165, 1.54) is 5.56 Å². The van der Waals surface area contributed by atoms with Crippen LogP contribution in [0.25, 0.3) is 0 Å². The van der Waals surface area contributed by atoms with Crippen molar-refractivity contribution in [2.75, 3.05) is 13.1 Å². The number of hydrogen-bond donors (Lipinski definition) is 1. The molecule has 0 radical (unpaired) electrons. The summed E-state index contributed by atoms with van der Waals surface area (Å²) < 4.78 is 0. The maximum atomic E-state index is 11.6. The lowest BCUT2D eigenvalue weighted by molar-refractivity contribution is -0.130. The molecule has 1 fully saturated rings. The van der Waals surface area contributed by atoms with Gasteiger partial charge in [0, 0.05) is 18.5 Å². The molecule has 1 aliphatic rings. The highest BCUT2D eigenvalue weighted by molar-refractivity contribution is 5.78. The second-order valence-electron chi connectivity index (χ2n) is 4.44. The van der Waals surface area contributed by atoms with Crippen LogP contribution < -0.4 is 5.73 Å². The molecule has 0 aliphatic carbocycles. The van der Waals surface area contributed by atoms with Crippen LogP contribution in [0.4, 0.5) is 0 Å². The molecule has 2 unspecified atom stereocenters. The lowest BCUT2D eigenvalue weighted by atomic mass is 9.97. The normalized spacial score (nSPS) is 24.8. The third kappa shape index (κ3) is 2.09. The van der Waals surface area contributed by atoms with Crippen LogP contribution in [0.1, 0.15) is 24.8 Å². The van der Waals surface area contributed by atoms with E-state index in [-0.39, 0.29) is 12.5 Å². The van der Waals surface area contributed by atoms with Crippen molar-refractivity contribution in [1.29, 1.82) is 0 Å². The summed E-state index contributed by atoms with van der Waals surface area (Å²) in [5.74, 6) is 0.526. The number of benzene rings is 1. The highest BCUT2D eigenvalue weighted by Gasteiger charge is 2.32. The fourth-order valence-electron chi connectivity index (χ4n) is 2.46. The average Bonchev–Trinajstić information content (AvgIpc) is 2.71. The van der Waals surface area contributed by atoms with E-state index in [1.807, 2.05) is 23.1 Å². The predicted molar refractivity (Wildman–Crippen MR) is 64.0 cm³/mol. The number of amides is 1. The van der Waals surface area contributed by atoms with Gasteiger partial charge in [0.25, 0.3) is 0 Å². The molecule has 16 heavy (non-hydrogen) atoms. The fourth-order valence-corrected chi connectivity index (χ4v) is 2.46. The Morgan fingerprint density at radius 3 is 2.75 bits per heavy atom. The van der Waals surface area contributed by atoms with Gasteiger partial charge in [-0.1, -0.05) is 30.3 Å². The van der Waals surface area contributed by atoms with Gasteiger partial charge in [-0.3, -0.25) is 4.79 Å². The van der Waals surface area contributed by atoms with E-state index in [0.717, 1.165) is 13.0 Å². The van der Waals surface area contributed by atoms with Gasteiger partial charge < -0.3 is 10.6 Å². The summed E-state index contributed by atoms with van der Waals surface area (Å²) >= 11 is 0. The molecule has 3 nitrogen and oxygen atoms in total. The second-order valence-corrected chi connectivity index (χ2v) is 4.44. The Hall–Kier alpha value is -1.35. The number of rotatable bonds is 2. The van der Waals surface area contributed by atoms with Crippen LogP contribution in [0.15, 0.2) is 30.3 Å². The van der Waals surface area contributed by atoms with Crippen molar-refractivity contribution in [3.8, 4) is 0 Å². The average molecular weight is 218 g/mol. The Morgan fingerprint density at radius 1 is 1.44 bits per heavy atom. The first-order chi connectivity index (χ1) is 7.72. The van der Waals surface area contributed by atoms with E-state index >= 15 is 0 Å². The Kier molecular flexibility index (Phi) is 3.25. The van der Waals surface area contributed by atoms with Gasteiger partial charge in [0.05, 0.1) is 6.54 Å². The van der Waals surface area contributed by atoms with Gasteiger partial charge >= 0.3 is 0 Å². The number of nitrogens with two attached hydrogens (primary N) is 1. The molecule has 2 rings (SSSR count). The first-order valence-corrected chi connectivity index (χ1v) is 5.77. The topological polar surface area (TPSA) is 46.3 Å². The minimum atomic E-state index is 0.0610. The molecule has 3 heteroatoms. The van der Waals surface area contributed by atoms with Crippen molar-refractivity contribution in [3.05, 3.63) is 35.9 Å². The fraction of sp³-hybridized carbons (Fsp3) is 0.462. The van der Waals surface area contributed by atoms with Gasteiger partial charge in [0.2, 0.25) is 5.91 Å². The minimum Gasteiger partial charge on any atom is -0.338 e. The van der Waals surface area contributed by atoms with E-state index in [2.05, 4.69) is 19.1 Å². The maximum absolute atomic E-state index is 11.6. The Bertz CT molecular complexity index is 363. The van der Waals surface area contributed by atoms with Crippen molar-refractivity contribution < 1.29 is 4.79 Å². The lowest BCUT2D eigenvalue weighted by Gasteiger charge is -2.20. The summed E-state index contributed by atoms with van der Waals surface area (Å²) in [7, 11) is 0. The van der Waals surface area contributed by atoms with Crippen molar-refractivity contribution in [2.24, 2.45) is 5.73 Å². The van der Waals surface area contributed by atoms with Crippen LogP contribution in [-0.2, 0) is 4.79 Å². The first kappa shape index (κ1) is 11.1. The molecule has 1 saturated heterocycles. The summed E-state index contributed by atoms with van der Waals surface area (Å²) in [4.78, 5) is 13.5. The van der Waals surface area contributed by atoms with Gasteiger partial charge in [-0.15, -0.1) is 0 Å². The number of nitrogens with zero attached hydrogens (tertiary/aromatic N) is 1. The van der Waals surface area contributed by atoms with E-state index in [4.69, 9.17) is 5.73 Å². The minimum absolute atomic E-state index is 0.0610. The highest BCUT2D eigenvalue weighted by atomic mass is 16.2. The zero-order chi connectivity index (χ0) is 11.5. The number of hydrogen-bond acceptors (Lipinski definition) is 2. The summed E-state index contributed by atoms with van der Waals surface area (Å²) in [6.45, 7) is 3.02. The zero-order valence-corrected chi connectivity index (χ0v) is 9.60. The highest BCUT2D eigenvalue weighted by Crippen LogP contribution is 2.31. The van der Waals surface area contributed by atoms with Crippen molar-refractivity contribution in [1.82, 2.24) is 4.90 Å². The SMILES string of the molecule is CC1CC(c2ccccc2)CN1C(=O)CN. The molecular formula is C13H18N2O. The van der Waals surface area contributed by atoms with Crippen LogP contribution in [0.2, 0.25) is 0 Å². The molecule has 0 bridgehead atoms. The summed E-state index contributed by atoms with van der Waals surface area (Å²) in [6.07, 6.45) is 1.04. The standard InChI is InChI=1S/C13H18N2O/c1-10-7-12(9-15(10)13(16)8-14)11-5-3-2-4-6-11/h2-6,10,12H,7-9,14H2,1H3. The lowest BCUT2D eigenvalue weighted by Crippen LogP contribution is -2.38. The van der Waals surface area contributed by atoms with E-state index in [1.54, 1.807) is 0 Å². The molecule has 0 spiro atoms. The third-order valence-corrected chi connectivity index (χ3v) is 3.34. The molecule has 0 saturated carbocycles. The van der Waals surface area contributed by atoms with Crippen molar-refractivity contribution in [2.45, 2.75) is 25.3 Å². The van der Waals surface area contributed by atoms with Crippen LogP contribution in [0.3, 0.4) is 0 Å². The van der Waals surface area contributed by atoms with Gasteiger partial charge in [-0.2, -0.15) is 0 Å². The molecule has 86 valence electrons. The van der Waals surface area contributed by atoms with Crippen LogP contribution in [0.5, 0.6) is 0 Å². The van der Waals surface area contributed by atoms with Gasteiger partial charge in [-0.05, 0) is 18.9 Å². The molecule has 2 N–H and O–H groups in total. The van der Waals surface area contributed by atoms with E-state index in [9.17, 15) is 4.79 Å². The molecular weight excluding hydrogens is 200 g/mol. The smallest absolute Gasteiger partial charge is 0.236 e. The van der Waals surface area contributed by atoms with Crippen LogP contribution >= 0.6 is 0 Å². The zero-order valence-electron chi connectivity index (χ0n) is 9.60. The van der Waals surface area contributed by atoms with Gasteiger partial charge in [0.1, 0.15) is 0 Å². The van der Waals surface area contributed by atoms with Gasteiger partial charge in [-0.25, -0.2) is 0 Å². The first-order valence-electron chi connectivity index (χ1n) is 5.77. The molecule has 1 amide bonds. The number of likely N-dealkylation sites (tertiary alicyclic amines) is 1. The molecule has 1 heterocycles. The van der Waals surface area contributed by atoms with Crippen molar-refractivity contribution >= 4 is 5.91 Å². The number of carbonyl (C=O) groups excluding carboxylic acids is 1. The maximum Gasteiger partial charge on any atom is 0.236 e. The molecule has 0 aromatic heterocycles. The van der Waals surface area contributed by atoms with Gasteiger partial charge in [0.15, 0.2) is 0 Å². The second kappa shape index (κ2) is 4.66. The summed E-state index contributed by atoms with van der Waals surface area (Å²) in [5.41, 5.74) is 6.73. The molecule has 2 atom stereocenters. The van der Waals surface area contributed by atoms with E-state index in [0.29, 0.717) is 12.0 Å². The Labute approximate surface area is 96.2 Å². The third-order valence-electron chi connectivity index (χ3n) is 3.34. The molecule has 1 aromatic carbocycles. The monoisotopic (exact) mass is 218 g/mol. The Morgan fingerprint density at radius 2 is 2.12 bits per heavy atom. The quantitative estimate of drug-likeness (QED) is 0.814. The molecule has 1 aliphatic heterocycles. The molecule has 1 aromatic rings. The summed E-state index contributed by atoms with van der Waals surface area (Å²) in [6, 6.07) is 10.7. The Balaban J connectivity index is 2.10. The van der Waals surface area contributed by atoms with Crippen molar-refractivity contribution in [3.63, 3.8) is 0 Å². The van der Waals surface area contributed by atoms with E-state index < -0.39 is 0 Å². The predicted octanol–water partition coefficient (Wildman–Crippen LogP) is 1.35.